The number of rotatable bonds is 11. The molecule has 0 spiro atoms. The molecule has 0 fully saturated rings. The van der Waals surface area contributed by atoms with E-state index in [9.17, 15) is 0 Å². The van der Waals surface area contributed by atoms with Gasteiger partial charge in [0.15, 0.2) is 0 Å². The first-order valence-electron chi connectivity index (χ1n) is 12.3. The molecule has 180 valence electrons. The van der Waals surface area contributed by atoms with Gasteiger partial charge in [-0.1, -0.05) is 128 Å². The van der Waals surface area contributed by atoms with Gasteiger partial charge in [-0.05, 0) is 20.3 Å². The fourth-order valence-corrected chi connectivity index (χ4v) is 8.16. The summed E-state index contributed by atoms with van der Waals surface area (Å²) >= 11 is 0. The van der Waals surface area contributed by atoms with Crippen LogP contribution < -0.4 is 21.2 Å². The van der Waals surface area contributed by atoms with Gasteiger partial charge in [-0.15, -0.1) is 0 Å². The maximum absolute atomic E-state index is 6.88. The Morgan fingerprint density at radius 1 is 0.486 bits per heavy atom. The molecule has 4 aromatic rings. The third-order valence-corrected chi connectivity index (χ3v) is 10.3. The summed E-state index contributed by atoms with van der Waals surface area (Å²) in [4.78, 5) is 0. The molecule has 2 atom stereocenters. The molecule has 0 aliphatic carbocycles. The minimum absolute atomic E-state index is 0.0462. The van der Waals surface area contributed by atoms with Crippen molar-refractivity contribution >= 4 is 37.5 Å². The molecule has 2 unspecified atom stereocenters. The third-order valence-electron chi connectivity index (χ3n) is 6.18. The molecule has 0 bridgehead atoms. The second-order valence-electron chi connectivity index (χ2n) is 8.62. The van der Waals surface area contributed by atoms with Gasteiger partial charge in [0.1, 0.15) is 0 Å². The molecule has 0 N–H and O–H groups in total. The van der Waals surface area contributed by atoms with Gasteiger partial charge in [-0.2, -0.15) is 0 Å². The molecule has 0 saturated carbocycles. The Morgan fingerprint density at radius 3 is 0.971 bits per heavy atom. The Hall–Kier alpha value is -2.34. The van der Waals surface area contributed by atoms with Crippen LogP contribution in [0.3, 0.4) is 0 Å². The summed E-state index contributed by atoms with van der Waals surface area (Å²) in [6.45, 7) is 6.66. The average molecular weight is 501 g/mol. The monoisotopic (exact) mass is 500 g/mol. The lowest BCUT2D eigenvalue weighted by Crippen LogP contribution is -2.33. The lowest BCUT2D eigenvalue weighted by Gasteiger charge is -2.34. The van der Waals surface area contributed by atoms with Crippen molar-refractivity contribution in [2.45, 2.75) is 39.4 Å². The molecule has 0 aliphatic rings. The lowest BCUT2D eigenvalue weighted by atomic mass is 9.95. The second kappa shape index (κ2) is 13.1. The first kappa shape index (κ1) is 25.7. The lowest BCUT2D eigenvalue weighted by molar-refractivity contribution is 0.0747. The summed E-state index contributed by atoms with van der Waals surface area (Å²) in [6, 6.07) is 42.4. The molecule has 4 heteroatoms. The molecule has 2 nitrogen and oxygen atoms in total. The summed E-state index contributed by atoms with van der Waals surface area (Å²) in [5.41, 5.74) is 0. The van der Waals surface area contributed by atoms with E-state index < -0.39 is 16.3 Å². The summed E-state index contributed by atoms with van der Waals surface area (Å²) in [7, 11) is -1.82. The van der Waals surface area contributed by atoms with E-state index in [0.29, 0.717) is 0 Å². The van der Waals surface area contributed by atoms with Crippen LogP contribution in [0.4, 0.5) is 0 Å². The highest BCUT2D eigenvalue weighted by molar-refractivity contribution is 7.68. The van der Waals surface area contributed by atoms with Crippen molar-refractivity contribution < 1.29 is 9.05 Å². The molecule has 0 heterocycles. The van der Waals surface area contributed by atoms with Gasteiger partial charge in [-0.25, -0.2) is 0 Å². The third kappa shape index (κ3) is 6.87. The van der Waals surface area contributed by atoms with Crippen molar-refractivity contribution in [2.24, 2.45) is 5.92 Å². The van der Waals surface area contributed by atoms with Crippen molar-refractivity contribution in [3.8, 4) is 0 Å². The van der Waals surface area contributed by atoms with Crippen LogP contribution in [0, 0.1) is 5.92 Å². The highest BCUT2D eigenvalue weighted by Gasteiger charge is 2.30. The van der Waals surface area contributed by atoms with Crippen LogP contribution in [-0.4, -0.2) is 12.2 Å². The zero-order valence-electron chi connectivity index (χ0n) is 20.7. The van der Waals surface area contributed by atoms with Crippen molar-refractivity contribution in [3.05, 3.63) is 121 Å². The van der Waals surface area contributed by atoms with Crippen molar-refractivity contribution in [1.29, 1.82) is 0 Å². The van der Waals surface area contributed by atoms with Gasteiger partial charge in [-0.3, -0.25) is 0 Å². The SMILES string of the molecule is CCC(C(C)OP(c1ccccc1)c1ccccc1)C(C)OP(c1ccccc1)c1ccccc1. The van der Waals surface area contributed by atoms with E-state index in [2.05, 4.69) is 142 Å². The van der Waals surface area contributed by atoms with E-state index in [0.717, 1.165) is 6.42 Å². The zero-order chi connectivity index (χ0) is 24.5. The number of hydrogen-bond donors (Lipinski definition) is 0. The van der Waals surface area contributed by atoms with E-state index in [4.69, 9.17) is 9.05 Å². The van der Waals surface area contributed by atoms with Crippen LogP contribution in [-0.2, 0) is 9.05 Å². The zero-order valence-corrected chi connectivity index (χ0v) is 22.5. The molecule has 0 amide bonds. The first-order chi connectivity index (χ1) is 17.2. The van der Waals surface area contributed by atoms with Gasteiger partial charge in [0, 0.05) is 27.1 Å². The molecule has 0 aromatic heterocycles. The van der Waals surface area contributed by atoms with Crippen LogP contribution in [0.15, 0.2) is 121 Å². The molecule has 0 radical (unpaired) electrons. The maximum Gasteiger partial charge on any atom is 0.0921 e. The Balaban J connectivity index is 1.55. The van der Waals surface area contributed by atoms with Gasteiger partial charge in [0.05, 0.1) is 28.5 Å². The highest BCUT2D eigenvalue weighted by atomic mass is 31.1. The van der Waals surface area contributed by atoms with Crippen molar-refractivity contribution in [2.75, 3.05) is 0 Å². The summed E-state index contributed by atoms with van der Waals surface area (Å²) in [6.07, 6.45) is 1.08. The molecular weight excluding hydrogens is 466 g/mol. The molecule has 4 aromatic carbocycles. The predicted molar refractivity (Wildman–Crippen MR) is 153 cm³/mol. The molecule has 35 heavy (non-hydrogen) atoms. The Kier molecular flexibility index (Phi) is 9.64. The summed E-state index contributed by atoms with van der Waals surface area (Å²) in [5, 5.41) is 4.94. The van der Waals surface area contributed by atoms with Crippen molar-refractivity contribution in [1.82, 2.24) is 0 Å². The quantitative estimate of drug-likeness (QED) is 0.208. The fourth-order valence-electron chi connectivity index (χ4n) is 4.33. The van der Waals surface area contributed by atoms with E-state index in [1.165, 1.54) is 21.2 Å². The normalized spacial score (nSPS) is 14.1. The second-order valence-corrected chi connectivity index (χ2v) is 12.3. The Morgan fingerprint density at radius 2 is 0.743 bits per heavy atom. The fraction of sp³-hybridized carbons (Fsp3) is 0.226. The average Bonchev–Trinajstić information content (AvgIpc) is 2.92. The smallest absolute Gasteiger partial charge is 0.0921 e. The van der Waals surface area contributed by atoms with Crippen LogP contribution in [0.2, 0.25) is 0 Å². The van der Waals surface area contributed by atoms with E-state index >= 15 is 0 Å². The highest BCUT2D eigenvalue weighted by Crippen LogP contribution is 2.42. The van der Waals surface area contributed by atoms with E-state index in [1.807, 2.05) is 0 Å². The molecular formula is C31H34O2P2. The standard InChI is InChI=1S/C31H34O2P2/c1-4-31(25(2)32-34(27-17-9-5-10-18-27)28-19-11-6-12-20-28)26(3)33-35(29-21-13-7-14-22-29)30-23-15-8-16-24-30/h5-26,31H,4H2,1-3H3. The minimum Gasteiger partial charge on any atom is -0.346 e. The van der Waals surface area contributed by atoms with E-state index in [-0.39, 0.29) is 18.1 Å². The maximum atomic E-state index is 6.88. The van der Waals surface area contributed by atoms with Crippen molar-refractivity contribution in [3.63, 3.8) is 0 Å². The van der Waals surface area contributed by atoms with Gasteiger partial charge < -0.3 is 9.05 Å². The van der Waals surface area contributed by atoms with Gasteiger partial charge >= 0.3 is 0 Å². The van der Waals surface area contributed by atoms with Crippen LogP contribution in [0.1, 0.15) is 27.2 Å². The summed E-state index contributed by atoms with van der Waals surface area (Å²) < 4.78 is 13.8. The number of hydrogen-bond acceptors (Lipinski definition) is 2. The Bertz CT molecular complexity index is 954. The summed E-state index contributed by atoms with van der Waals surface area (Å²) in [5.74, 6) is 0.268. The first-order valence-corrected chi connectivity index (χ1v) is 14.8. The van der Waals surface area contributed by atoms with Gasteiger partial charge in [0.25, 0.3) is 0 Å². The molecule has 0 saturated heterocycles. The molecule has 4 rings (SSSR count). The minimum atomic E-state index is -0.911. The molecule has 0 aliphatic heterocycles. The van der Waals surface area contributed by atoms with E-state index in [1.54, 1.807) is 0 Å². The van der Waals surface area contributed by atoms with Crippen LogP contribution in [0.25, 0.3) is 0 Å². The largest absolute Gasteiger partial charge is 0.346 e. The Labute approximate surface area is 213 Å². The predicted octanol–water partition coefficient (Wildman–Crippen LogP) is 6.92. The van der Waals surface area contributed by atoms with Crippen LogP contribution >= 0.6 is 16.3 Å². The van der Waals surface area contributed by atoms with Crippen LogP contribution in [0.5, 0.6) is 0 Å². The number of benzene rings is 4. The topological polar surface area (TPSA) is 18.5 Å². The van der Waals surface area contributed by atoms with Gasteiger partial charge in [0.2, 0.25) is 0 Å².